The molecule has 0 bridgehead atoms. The molecule has 0 saturated heterocycles. The van der Waals surface area contributed by atoms with Gasteiger partial charge < -0.3 is 4.74 Å². The average Bonchev–Trinajstić information content (AvgIpc) is 1.88. The molecule has 0 heterocycles. The summed E-state index contributed by atoms with van der Waals surface area (Å²) in [5.41, 5.74) is 0. The lowest BCUT2D eigenvalue weighted by atomic mass is 10.2. The van der Waals surface area contributed by atoms with Gasteiger partial charge in [0.1, 0.15) is 0 Å². The predicted molar refractivity (Wildman–Crippen MR) is 40.7 cm³/mol. The van der Waals surface area contributed by atoms with Crippen molar-refractivity contribution in [2.24, 2.45) is 0 Å². The third kappa shape index (κ3) is 4.13. The minimum absolute atomic E-state index is 0.141. The molecule has 0 aliphatic carbocycles. The molecular weight excluding hydrogens is 128 g/mol. The number of methoxy groups -OCH3 is 1. The van der Waals surface area contributed by atoms with Crippen LogP contribution < -0.4 is 0 Å². The molecule has 0 aromatic carbocycles. The Morgan fingerprint density at radius 1 is 1.60 bits per heavy atom. The molecule has 0 aromatic rings. The summed E-state index contributed by atoms with van der Waals surface area (Å²) >= 11 is 0. The summed E-state index contributed by atoms with van der Waals surface area (Å²) in [5.74, 6) is 0.820. The fourth-order valence-electron chi connectivity index (χ4n) is 0.604. The van der Waals surface area contributed by atoms with Crippen LogP contribution in [0.5, 0.6) is 0 Å². The van der Waals surface area contributed by atoms with Gasteiger partial charge in [0.15, 0.2) is 5.78 Å². The second-order valence-electron chi connectivity index (χ2n) is 2.18. The quantitative estimate of drug-likeness (QED) is 0.442. The van der Waals surface area contributed by atoms with Crippen LogP contribution in [0, 0.1) is 0 Å². The number of ketones is 1. The van der Waals surface area contributed by atoms with Gasteiger partial charge in [-0.15, -0.1) is 0 Å². The number of rotatable bonds is 4. The predicted octanol–water partition coefficient (Wildman–Crippen LogP) is 1.91. The molecule has 2 heteroatoms. The van der Waals surface area contributed by atoms with Crippen molar-refractivity contribution in [3.63, 3.8) is 0 Å². The summed E-state index contributed by atoms with van der Waals surface area (Å²) in [6.07, 6.45) is 3.04. The maximum atomic E-state index is 10.9. The van der Waals surface area contributed by atoms with Gasteiger partial charge in [-0.3, -0.25) is 4.79 Å². The molecule has 0 radical (unpaired) electrons. The van der Waals surface area contributed by atoms with Crippen molar-refractivity contribution in [3.05, 3.63) is 11.8 Å². The highest BCUT2D eigenvalue weighted by molar-refractivity contribution is 5.89. The van der Waals surface area contributed by atoms with Crippen molar-refractivity contribution in [3.8, 4) is 0 Å². The number of carbonyl (C=O) groups excluding carboxylic acids is 1. The largest absolute Gasteiger partial charge is 0.501 e. The molecule has 10 heavy (non-hydrogen) atoms. The van der Waals surface area contributed by atoms with Crippen LogP contribution in [0.4, 0.5) is 0 Å². The van der Waals surface area contributed by atoms with Crippen LogP contribution in [-0.4, -0.2) is 12.9 Å². The SMILES string of the molecule is CCCC(=O)/C=C(\C)OC. The van der Waals surface area contributed by atoms with E-state index in [1.54, 1.807) is 14.0 Å². The molecule has 0 aliphatic rings. The maximum absolute atomic E-state index is 10.9. The van der Waals surface area contributed by atoms with E-state index >= 15 is 0 Å². The highest BCUT2D eigenvalue weighted by Crippen LogP contribution is 1.96. The summed E-state index contributed by atoms with van der Waals surface area (Å²) in [6.45, 7) is 3.75. The topological polar surface area (TPSA) is 26.3 Å². The zero-order valence-corrected chi connectivity index (χ0v) is 6.81. The normalized spacial score (nSPS) is 11.3. The van der Waals surface area contributed by atoms with Crippen molar-refractivity contribution in [2.45, 2.75) is 26.7 Å². The van der Waals surface area contributed by atoms with Crippen LogP contribution >= 0.6 is 0 Å². The monoisotopic (exact) mass is 142 g/mol. The fourth-order valence-corrected chi connectivity index (χ4v) is 0.604. The Morgan fingerprint density at radius 2 is 2.20 bits per heavy atom. The summed E-state index contributed by atoms with van der Waals surface area (Å²) < 4.78 is 4.81. The molecular formula is C8H14O2. The van der Waals surface area contributed by atoms with E-state index in [2.05, 4.69) is 0 Å². The van der Waals surface area contributed by atoms with Gasteiger partial charge in [-0.2, -0.15) is 0 Å². The minimum Gasteiger partial charge on any atom is -0.501 e. The van der Waals surface area contributed by atoms with Gasteiger partial charge in [0.05, 0.1) is 12.9 Å². The van der Waals surface area contributed by atoms with Crippen molar-refractivity contribution >= 4 is 5.78 Å². The van der Waals surface area contributed by atoms with Crippen molar-refractivity contribution in [2.75, 3.05) is 7.11 Å². The van der Waals surface area contributed by atoms with E-state index in [1.807, 2.05) is 6.92 Å². The standard InChI is InChI=1S/C8H14O2/c1-4-5-8(9)6-7(2)10-3/h6H,4-5H2,1-3H3/b7-6+. The Labute approximate surface area is 61.9 Å². The number of ether oxygens (including phenoxy) is 1. The van der Waals surface area contributed by atoms with Crippen molar-refractivity contribution in [1.82, 2.24) is 0 Å². The molecule has 0 fully saturated rings. The van der Waals surface area contributed by atoms with Crippen LogP contribution in [0.15, 0.2) is 11.8 Å². The third-order valence-corrected chi connectivity index (χ3v) is 1.18. The Morgan fingerprint density at radius 3 is 2.60 bits per heavy atom. The molecule has 0 aromatic heterocycles. The molecule has 0 atom stereocenters. The average molecular weight is 142 g/mol. The van der Waals surface area contributed by atoms with Crippen LogP contribution in [0.25, 0.3) is 0 Å². The van der Waals surface area contributed by atoms with Gasteiger partial charge >= 0.3 is 0 Å². The van der Waals surface area contributed by atoms with Crippen molar-refractivity contribution in [1.29, 1.82) is 0 Å². The Kier molecular flexibility index (Phi) is 4.63. The highest BCUT2D eigenvalue weighted by Gasteiger charge is 1.95. The summed E-state index contributed by atoms with van der Waals surface area (Å²) in [4.78, 5) is 10.9. The second kappa shape index (κ2) is 5.03. The molecule has 58 valence electrons. The van der Waals surface area contributed by atoms with Crippen LogP contribution in [0.1, 0.15) is 26.7 Å². The molecule has 0 saturated carbocycles. The first kappa shape index (κ1) is 9.21. The van der Waals surface area contributed by atoms with Crippen LogP contribution in [0.3, 0.4) is 0 Å². The maximum Gasteiger partial charge on any atom is 0.159 e. The van der Waals surface area contributed by atoms with Gasteiger partial charge in [-0.1, -0.05) is 6.92 Å². The van der Waals surface area contributed by atoms with E-state index in [4.69, 9.17) is 4.74 Å². The zero-order chi connectivity index (χ0) is 7.98. The molecule has 0 aliphatic heterocycles. The van der Waals surface area contributed by atoms with Crippen LogP contribution in [0.2, 0.25) is 0 Å². The highest BCUT2D eigenvalue weighted by atomic mass is 16.5. The zero-order valence-electron chi connectivity index (χ0n) is 6.81. The van der Waals surface area contributed by atoms with Crippen LogP contribution in [-0.2, 0) is 9.53 Å². The minimum atomic E-state index is 0.141. The van der Waals surface area contributed by atoms with E-state index in [-0.39, 0.29) is 5.78 Å². The molecule has 0 unspecified atom stereocenters. The lowest BCUT2D eigenvalue weighted by Gasteiger charge is -1.96. The van der Waals surface area contributed by atoms with Gasteiger partial charge in [-0.25, -0.2) is 0 Å². The smallest absolute Gasteiger partial charge is 0.159 e. The first-order valence-corrected chi connectivity index (χ1v) is 3.45. The Bertz CT molecular complexity index is 136. The fraction of sp³-hybridized carbons (Fsp3) is 0.625. The van der Waals surface area contributed by atoms with Gasteiger partial charge in [0.25, 0.3) is 0 Å². The first-order valence-electron chi connectivity index (χ1n) is 3.45. The molecule has 0 rings (SSSR count). The van der Waals surface area contributed by atoms with Crippen molar-refractivity contribution < 1.29 is 9.53 Å². The van der Waals surface area contributed by atoms with Gasteiger partial charge in [0.2, 0.25) is 0 Å². The summed E-state index contributed by atoms with van der Waals surface area (Å²) in [6, 6.07) is 0. The Hall–Kier alpha value is -0.790. The summed E-state index contributed by atoms with van der Waals surface area (Å²) in [7, 11) is 1.56. The summed E-state index contributed by atoms with van der Waals surface area (Å²) in [5, 5.41) is 0. The van der Waals surface area contributed by atoms with Gasteiger partial charge in [0, 0.05) is 12.5 Å². The molecule has 0 amide bonds. The molecule has 0 N–H and O–H groups in total. The lowest BCUT2D eigenvalue weighted by molar-refractivity contribution is -0.114. The van der Waals surface area contributed by atoms with E-state index < -0.39 is 0 Å². The second-order valence-corrected chi connectivity index (χ2v) is 2.18. The molecule has 0 spiro atoms. The number of hydrogen-bond acceptors (Lipinski definition) is 2. The Balaban J connectivity index is 3.75. The van der Waals surface area contributed by atoms with E-state index in [0.29, 0.717) is 12.2 Å². The first-order chi connectivity index (χ1) is 4.70. The van der Waals surface area contributed by atoms with E-state index in [0.717, 1.165) is 6.42 Å². The lowest BCUT2D eigenvalue weighted by Crippen LogP contribution is -1.93. The number of hydrogen-bond donors (Lipinski definition) is 0. The number of allylic oxidation sites excluding steroid dienone is 2. The van der Waals surface area contributed by atoms with Gasteiger partial charge in [-0.05, 0) is 13.3 Å². The van der Waals surface area contributed by atoms with E-state index in [9.17, 15) is 4.79 Å². The third-order valence-electron chi connectivity index (χ3n) is 1.18. The van der Waals surface area contributed by atoms with E-state index in [1.165, 1.54) is 6.08 Å². The molecule has 2 nitrogen and oxygen atoms in total. The number of carbonyl (C=O) groups is 1.